The third-order valence-corrected chi connectivity index (χ3v) is 6.77. The Morgan fingerprint density at radius 2 is 1.85 bits per heavy atom. The van der Waals surface area contributed by atoms with Crippen molar-refractivity contribution in [1.29, 1.82) is 0 Å². The second-order valence-corrected chi connectivity index (χ2v) is 10.1. The zero-order chi connectivity index (χ0) is 27.4. The van der Waals surface area contributed by atoms with Gasteiger partial charge in [-0.3, -0.25) is 9.59 Å². The molecule has 5 rings (SSSR count). The first-order chi connectivity index (χ1) is 18.9. The fourth-order valence-electron chi connectivity index (χ4n) is 4.33. The number of nitrogens with one attached hydrogen (secondary N) is 1. The second-order valence-electron chi connectivity index (χ2n) is 9.20. The smallest absolute Gasteiger partial charge is 0.282 e. The molecule has 1 N–H and O–H groups in total. The fourth-order valence-corrected chi connectivity index (χ4v) is 4.69. The van der Waals surface area contributed by atoms with E-state index in [2.05, 4.69) is 26.3 Å². The summed E-state index contributed by atoms with van der Waals surface area (Å²) in [5.74, 6) is 0.785. The first-order valence-corrected chi connectivity index (χ1v) is 13.5. The molecule has 196 valence electrons. The van der Waals surface area contributed by atoms with Crippen LogP contribution in [0.25, 0.3) is 21.7 Å². The Kier molecular flexibility index (Phi) is 7.84. The molecular formula is C31H27BrN4O3. The predicted octanol–water partition coefficient (Wildman–Crippen LogP) is 6.47. The van der Waals surface area contributed by atoms with Gasteiger partial charge in [-0.1, -0.05) is 70.9 Å². The molecular weight excluding hydrogens is 556 g/mol. The molecule has 0 unspecified atom stereocenters. The first-order valence-electron chi connectivity index (χ1n) is 12.7. The summed E-state index contributed by atoms with van der Waals surface area (Å²) in [7, 11) is 0. The number of aryl methyl sites for hydroxylation is 2. The molecule has 1 amide bonds. The molecule has 0 fully saturated rings. The number of amides is 1. The number of hydrogen-bond donors (Lipinski definition) is 1. The lowest BCUT2D eigenvalue weighted by Gasteiger charge is -2.13. The SMILES string of the molecule is CCCc1nc2ccc(Br)cc2c(=O)n1N=Cc1c(OCC(=O)Nc2ccc(C)cc2)ccc2ccccc12. The average molecular weight is 583 g/mol. The summed E-state index contributed by atoms with van der Waals surface area (Å²) in [6, 6.07) is 24.6. The number of carbonyl (C=O) groups excluding carboxylic acids is 1. The van der Waals surface area contributed by atoms with Crippen LogP contribution in [-0.4, -0.2) is 28.4 Å². The van der Waals surface area contributed by atoms with Gasteiger partial charge in [0.15, 0.2) is 6.61 Å². The van der Waals surface area contributed by atoms with Gasteiger partial charge in [-0.15, -0.1) is 0 Å². The summed E-state index contributed by atoms with van der Waals surface area (Å²) >= 11 is 3.44. The Bertz CT molecular complexity index is 1760. The molecule has 7 nitrogen and oxygen atoms in total. The minimum atomic E-state index is -0.277. The van der Waals surface area contributed by atoms with Crippen LogP contribution in [0.4, 0.5) is 5.69 Å². The van der Waals surface area contributed by atoms with Gasteiger partial charge in [-0.2, -0.15) is 9.78 Å². The largest absolute Gasteiger partial charge is 0.483 e. The molecule has 0 spiro atoms. The molecule has 0 aliphatic rings. The number of nitrogens with zero attached hydrogens (tertiary/aromatic N) is 3. The normalized spacial score (nSPS) is 11.4. The molecule has 0 aliphatic heterocycles. The Morgan fingerprint density at radius 3 is 2.64 bits per heavy atom. The lowest BCUT2D eigenvalue weighted by Crippen LogP contribution is -2.22. The van der Waals surface area contributed by atoms with Gasteiger partial charge in [0.1, 0.15) is 11.6 Å². The van der Waals surface area contributed by atoms with Gasteiger partial charge < -0.3 is 10.1 Å². The van der Waals surface area contributed by atoms with Gasteiger partial charge in [0.2, 0.25) is 0 Å². The minimum Gasteiger partial charge on any atom is -0.483 e. The van der Waals surface area contributed by atoms with E-state index >= 15 is 0 Å². The van der Waals surface area contributed by atoms with Crippen LogP contribution in [0, 0.1) is 6.92 Å². The molecule has 0 saturated carbocycles. The number of carbonyl (C=O) groups is 1. The van der Waals surface area contributed by atoms with Gasteiger partial charge in [0, 0.05) is 22.1 Å². The summed E-state index contributed by atoms with van der Waals surface area (Å²) in [6.45, 7) is 3.84. The van der Waals surface area contributed by atoms with Crippen molar-refractivity contribution < 1.29 is 9.53 Å². The highest BCUT2D eigenvalue weighted by molar-refractivity contribution is 9.10. The minimum absolute atomic E-state index is 0.181. The third-order valence-electron chi connectivity index (χ3n) is 6.28. The van der Waals surface area contributed by atoms with Crippen LogP contribution in [0.5, 0.6) is 5.75 Å². The molecule has 1 heterocycles. The van der Waals surface area contributed by atoms with Crippen LogP contribution in [0.15, 0.2) is 93.2 Å². The number of ether oxygens (including phenoxy) is 1. The summed E-state index contributed by atoms with van der Waals surface area (Å²) in [6.07, 6.45) is 3.01. The Labute approximate surface area is 234 Å². The maximum atomic E-state index is 13.5. The summed E-state index contributed by atoms with van der Waals surface area (Å²) in [5.41, 5.74) is 2.86. The number of aromatic nitrogens is 2. The lowest BCUT2D eigenvalue weighted by atomic mass is 10.0. The van der Waals surface area contributed by atoms with Gasteiger partial charge in [0.25, 0.3) is 11.5 Å². The van der Waals surface area contributed by atoms with E-state index in [1.807, 2.05) is 86.6 Å². The van der Waals surface area contributed by atoms with E-state index in [1.54, 1.807) is 12.3 Å². The van der Waals surface area contributed by atoms with Gasteiger partial charge in [0.05, 0.1) is 17.1 Å². The van der Waals surface area contributed by atoms with Crippen molar-refractivity contribution in [3.63, 3.8) is 0 Å². The molecule has 4 aromatic carbocycles. The Hall–Kier alpha value is -4.30. The van der Waals surface area contributed by atoms with E-state index in [4.69, 9.17) is 9.72 Å². The maximum absolute atomic E-state index is 13.5. The van der Waals surface area contributed by atoms with Crippen molar-refractivity contribution in [3.8, 4) is 5.75 Å². The monoisotopic (exact) mass is 582 g/mol. The zero-order valence-electron chi connectivity index (χ0n) is 21.6. The Morgan fingerprint density at radius 1 is 1.05 bits per heavy atom. The van der Waals surface area contributed by atoms with E-state index in [0.717, 1.165) is 27.2 Å². The van der Waals surface area contributed by atoms with Crippen molar-refractivity contribution >= 4 is 55.4 Å². The molecule has 0 atom stereocenters. The topological polar surface area (TPSA) is 85.6 Å². The number of halogens is 1. The van der Waals surface area contributed by atoms with Crippen LogP contribution in [0.1, 0.15) is 30.3 Å². The Balaban J connectivity index is 1.51. The zero-order valence-corrected chi connectivity index (χ0v) is 23.2. The van der Waals surface area contributed by atoms with Crippen LogP contribution >= 0.6 is 15.9 Å². The number of anilines is 1. The molecule has 0 saturated heterocycles. The molecule has 0 bridgehead atoms. The molecule has 1 aromatic heterocycles. The summed E-state index contributed by atoms with van der Waals surface area (Å²) in [5, 5.41) is 9.81. The van der Waals surface area contributed by atoms with Crippen molar-refractivity contribution in [2.24, 2.45) is 5.10 Å². The maximum Gasteiger partial charge on any atom is 0.282 e. The number of rotatable bonds is 8. The molecule has 0 aliphatic carbocycles. The van der Waals surface area contributed by atoms with Crippen molar-refractivity contribution in [3.05, 3.63) is 111 Å². The number of benzene rings is 4. The lowest BCUT2D eigenvalue weighted by molar-refractivity contribution is -0.118. The van der Waals surface area contributed by atoms with E-state index < -0.39 is 0 Å². The van der Waals surface area contributed by atoms with Gasteiger partial charge in [-0.25, -0.2) is 4.98 Å². The van der Waals surface area contributed by atoms with Crippen molar-refractivity contribution in [2.75, 3.05) is 11.9 Å². The van der Waals surface area contributed by atoms with Crippen molar-refractivity contribution in [1.82, 2.24) is 9.66 Å². The van der Waals surface area contributed by atoms with E-state index in [-0.39, 0.29) is 18.1 Å². The highest BCUT2D eigenvalue weighted by Crippen LogP contribution is 2.27. The number of hydrogen-bond acceptors (Lipinski definition) is 5. The van der Waals surface area contributed by atoms with Crippen molar-refractivity contribution in [2.45, 2.75) is 26.7 Å². The molecule has 5 aromatic rings. The second kappa shape index (κ2) is 11.6. The molecule has 8 heteroatoms. The summed E-state index contributed by atoms with van der Waals surface area (Å²) in [4.78, 5) is 30.8. The standard InChI is InChI=1S/C31H27BrN4O3/c1-3-6-29-35-27-15-12-22(32)17-25(27)31(38)36(29)33-18-26-24-8-5-4-7-21(24)11-16-28(26)39-19-30(37)34-23-13-9-20(2)10-14-23/h4-5,7-18H,3,6,19H2,1-2H3,(H,34,37). The van der Waals surface area contributed by atoms with Gasteiger partial charge in [-0.05, 0) is 60.5 Å². The molecule has 0 radical (unpaired) electrons. The number of fused-ring (bicyclic) bond motifs is 2. The third kappa shape index (κ3) is 5.91. The van der Waals surface area contributed by atoms with Crippen LogP contribution in [0.2, 0.25) is 0 Å². The average Bonchev–Trinajstić information content (AvgIpc) is 2.94. The van der Waals surface area contributed by atoms with E-state index in [0.29, 0.717) is 40.1 Å². The highest BCUT2D eigenvalue weighted by atomic mass is 79.9. The van der Waals surface area contributed by atoms with Crippen LogP contribution < -0.4 is 15.6 Å². The van der Waals surface area contributed by atoms with E-state index in [1.165, 1.54) is 4.68 Å². The highest BCUT2D eigenvalue weighted by Gasteiger charge is 2.13. The quantitative estimate of drug-likeness (QED) is 0.212. The predicted molar refractivity (Wildman–Crippen MR) is 160 cm³/mol. The van der Waals surface area contributed by atoms with Gasteiger partial charge >= 0.3 is 0 Å². The first kappa shape index (κ1) is 26.3. The van der Waals surface area contributed by atoms with Crippen LogP contribution in [0.3, 0.4) is 0 Å². The van der Waals surface area contributed by atoms with E-state index in [9.17, 15) is 9.59 Å². The van der Waals surface area contributed by atoms with Crippen LogP contribution in [-0.2, 0) is 11.2 Å². The fraction of sp³-hybridized carbons (Fsp3) is 0.161. The molecule has 39 heavy (non-hydrogen) atoms. The summed E-state index contributed by atoms with van der Waals surface area (Å²) < 4.78 is 8.12.